The lowest BCUT2D eigenvalue weighted by molar-refractivity contribution is 0.663. The molecular formula is C45H26N4O2. The van der Waals surface area contributed by atoms with Gasteiger partial charge < -0.3 is 13.4 Å². The molecule has 0 saturated carbocycles. The third-order valence-corrected chi connectivity index (χ3v) is 9.84. The van der Waals surface area contributed by atoms with Gasteiger partial charge in [-0.1, -0.05) is 103 Å². The second-order valence-corrected chi connectivity index (χ2v) is 12.8. The summed E-state index contributed by atoms with van der Waals surface area (Å²) in [4.78, 5) is 15.1. The normalized spacial score (nSPS) is 11.9. The molecule has 0 amide bonds. The highest BCUT2D eigenvalue weighted by Crippen LogP contribution is 2.41. The van der Waals surface area contributed by atoms with E-state index in [1.165, 1.54) is 10.8 Å². The van der Waals surface area contributed by atoms with E-state index in [0.717, 1.165) is 77.3 Å². The van der Waals surface area contributed by atoms with Crippen LogP contribution < -0.4 is 0 Å². The molecule has 0 aliphatic carbocycles. The lowest BCUT2D eigenvalue weighted by atomic mass is 10.0. The number of fused-ring (bicyclic) bond motifs is 10. The maximum absolute atomic E-state index is 6.48. The number of nitrogens with zero attached hydrogens (tertiary/aromatic N) is 4. The van der Waals surface area contributed by atoms with Crippen molar-refractivity contribution in [1.29, 1.82) is 0 Å². The van der Waals surface area contributed by atoms with Crippen molar-refractivity contribution in [3.05, 3.63) is 158 Å². The summed E-state index contributed by atoms with van der Waals surface area (Å²) in [6, 6.07) is 53.9. The predicted molar refractivity (Wildman–Crippen MR) is 205 cm³/mol. The van der Waals surface area contributed by atoms with Crippen molar-refractivity contribution in [1.82, 2.24) is 19.5 Å². The van der Waals surface area contributed by atoms with Crippen molar-refractivity contribution in [2.75, 3.05) is 0 Å². The van der Waals surface area contributed by atoms with Crippen molar-refractivity contribution in [3.8, 4) is 39.9 Å². The maximum Gasteiger partial charge on any atom is 0.164 e. The van der Waals surface area contributed by atoms with E-state index in [0.29, 0.717) is 17.5 Å². The van der Waals surface area contributed by atoms with Crippen LogP contribution in [0.1, 0.15) is 0 Å². The lowest BCUT2D eigenvalue weighted by Gasteiger charge is -2.11. The first kappa shape index (κ1) is 27.9. The summed E-state index contributed by atoms with van der Waals surface area (Å²) in [7, 11) is 0. The fraction of sp³-hybridized carbons (Fsp3) is 0. The van der Waals surface area contributed by atoms with Gasteiger partial charge in [0, 0.05) is 54.7 Å². The number of hydrogen-bond acceptors (Lipinski definition) is 5. The fourth-order valence-electron chi connectivity index (χ4n) is 7.56. The minimum atomic E-state index is 0.572. The zero-order chi connectivity index (χ0) is 33.5. The molecule has 11 rings (SSSR count). The third-order valence-electron chi connectivity index (χ3n) is 9.84. The van der Waals surface area contributed by atoms with Crippen LogP contribution in [0, 0.1) is 0 Å². The lowest BCUT2D eigenvalue weighted by Crippen LogP contribution is -2.01. The molecule has 0 radical (unpaired) electrons. The quantitative estimate of drug-likeness (QED) is 0.189. The molecule has 4 heterocycles. The predicted octanol–water partition coefficient (Wildman–Crippen LogP) is 11.8. The molecule has 11 aromatic rings. The molecule has 0 aliphatic heterocycles. The van der Waals surface area contributed by atoms with E-state index in [2.05, 4.69) is 95.6 Å². The van der Waals surface area contributed by atoms with Crippen LogP contribution in [0.5, 0.6) is 0 Å². The molecule has 0 spiro atoms. The average Bonchev–Trinajstić information content (AvgIpc) is 3.87. The molecular weight excluding hydrogens is 629 g/mol. The monoisotopic (exact) mass is 654 g/mol. The van der Waals surface area contributed by atoms with Crippen LogP contribution >= 0.6 is 0 Å². The second-order valence-electron chi connectivity index (χ2n) is 12.8. The molecule has 0 bridgehead atoms. The Labute approximate surface area is 290 Å². The summed E-state index contributed by atoms with van der Waals surface area (Å²) in [5, 5.41) is 6.63. The van der Waals surface area contributed by atoms with Gasteiger partial charge in [0.25, 0.3) is 0 Å². The van der Waals surface area contributed by atoms with Crippen molar-refractivity contribution in [2.45, 2.75) is 0 Å². The molecule has 4 aromatic heterocycles. The van der Waals surface area contributed by atoms with Gasteiger partial charge in [-0.2, -0.15) is 0 Å². The van der Waals surface area contributed by atoms with Gasteiger partial charge in [0.05, 0.1) is 11.0 Å². The van der Waals surface area contributed by atoms with Crippen molar-refractivity contribution in [2.24, 2.45) is 0 Å². The van der Waals surface area contributed by atoms with Crippen LogP contribution in [-0.4, -0.2) is 19.5 Å². The van der Waals surface area contributed by atoms with Crippen LogP contribution in [0.2, 0.25) is 0 Å². The Morgan fingerprint density at radius 2 is 0.882 bits per heavy atom. The molecule has 0 N–H and O–H groups in total. The Bertz CT molecular complexity index is 3100. The number of rotatable bonds is 4. The highest BCUT2D eigenvalue weighted by Gasteiger charge is 2.19. The van der Waals surface area contributed by atoms with E-state index in [-0.39, 0.29) is 0 Å². The fourth-order valence-corrected chi connectivity index (χ4v) is 7.56. The molecule has 6 heteroatoms. The summed E-state index contributed by atoms with van der Waals surface area (Å²) in [5.74, 6) is 1.77. The van der Waals surface area contributed by atoms with Crippen LogP contribution in [-0.2, 0) is 0 Å². The Kier molecular flexibility index (Phi) is 5.86. The smallest absolute Gasteiger partial charge is 0.164 e. The molecule has 0 atom stereocenters. The molecule has 0 saturated heterocycles. The molecule has 0 fully saturated rings. The van der Waals surface area contributed by atoms with Crippen molar-refractivity contribution in [3.63, 3.8) is 0 Å². The number of aromatic nitrogens is 4. The highest BCUT2D eigenvalue weighted by molar-refractivity contribution is 6.25. The van der Waals surface area contributed by atoms with Gasteiger partial charge in [0.1, 0.15) is 22.3 Å². The van der Waals surface area contributed by atoms with Crippen LogP contribution in [0.4, 0.5) is 0 Å². The van der Waals surface area contributed by atoms with E-state index in [4.69, 9.17) is 23.8 Å². The number of furan rings is 2. The Morgan fingerprint density at radius 1 is 0.353 bits per heavy atom. The summed E-state index contributed by atoms with van der Waals surface area (Å²) >= 11 is 0. The average molecular weight is 655 g/mol. The van der Waals surface area contributed by atoms with Gasteiger partial charge >= 0.3 is 0 Å². The molecule has 238 valence electrons. The second kappa shape index (κ2) is 10.7. The first-order chi connectivity index (χ1) is 25.3. The van der Waals surface area contributed by atoms with Gasteiger partial charge in [0.2, 0.25) is 0 Å². The summed E-state index contributed by atoms with van der Waals surface area (Å²) < 4.78 is 15.0. The van der Waals surface area contributed by atoms with Gasteiger partial charge in [-0.05, 0) is 54.6 Å². The zero-order valence-electron chi connectivity index (χ0n) is 27.1. The van der Waals surface area contributed by atoms with Crippen LogP contribution in [0.25, 0.3) is 106 Å². The summed E-state index contributed by atoms with van der Waals surface area (Å²) in [6.45, 7) is 0. The van der Waals surface area contributed by atoms with Crippen molar-refractivity contribution >= 4 is 65.7 Å². The van der Waals surface area contributed by atoms with Gasteiger partial charge in [-0.15, -0.1) is 0 Å². The van der Waals surface area contributed by atoms with E-state index in [9.17, 15) is 0 Å². The van der Waals surface area contributed by atoms with E-state index in [1.807, 2.05) is 66.7 Å². The third kappa shape index (κ3) is 4.26. The minimum absolute atomic E-state index is 0.572. The van der Waals surface area contributed by atoms with Crippen LogP contribution in [0.15, 0.2) is 167 Å². The number of hydrogen-bond donors (Lipinski definition) is 0. The largest absolute Gasteiger partial charge is 0.456 e. The van der Waals surface area contributed by atoms with E-state index >= 15 is 0 Å². The first-order valence-corrected chi connectivity index (χ1v) is 16.9. The maximum atomic E-state index is 6.48. The van der Waals surface area contributed by atoms with E-state index < -0.39 is 0 Å². The Balaban J connectivity index is 1.10. The number of benzene rings is 7. The van der Waals surface area contributed by atoms with Gasteiger partial charge in [-0.25, -0.2) is 15.0 Å². The molecule has 0 aliphatic rings. The molecule has 0 unspecified atom stereocenters. The topological polar surface area (TPSA) is 69.9 Å². The summed E-state index contributed by atoms with van der Waals surface area (Å²) in [5.41, 5.74) is 9.26. The standard InChI is InChI=1S/C45H26N4O2/c1-2-11-27(12-3-1)43-46-44(28-13-10-14-30(25-28)49-35-18-7-4-15-31(35)32-16-5-8-19-36(32)49)48-45(47-43)29-21-22-34-40(26-29)51-39-24-23-38-41(42(34)39)33-17-6-9-20-37(33)50-38/h1-26H. The van der Waals surface area contributed by atoms with Gasteiger partial charge in [-0.3, -0.25) is 0 Å². The minimum Gasteiger partial charge on any atom is -0.456 e. The van der Waals surface area contributed by atoms with Crippen LogP contribution in [0.3, 0.4) is 0 Å². The number of para-hydroxylation sites is 3. The molecule has 7 aromatic carbocycles. The SMILES string of the molecule is c1ccc(-c2nc(-c3cccc(-n4c5ccccc5c5ccccc54)c3)nc(-c3ccc4c(c3)oc3ccc5oc6ccccc6c5c34)n2)cc1. The highest BCUT2D eigenvalue weighted by atomic mass is 16.3. The molecule has 6 nitrogen and oxygen atoms in total. The molecule has 51 heavy (non-hydrogen) atoms. The van der Waals surface area contributed by atoms with E-state index in [1.54, 1.807) is 0 Å². The Morgan fingerprint density at radius 3 is 1.59 bits per heavy atom. The summed E-state index contributed by atoms with van der Waals surface area (Å²) in [6.07, 6.45) is 0. The van der Waals surface area contributed by atoms with Gasteiger partial charge in [0.15, 0.2) is 17.5 Å². The zero-order valence-corrected chi connectivity index (χ0v) is 27.1. The van der Waals surface area contributed by atoms with Crippen molar-refractivity contribution < 1.29 is 8.83 Å². The Hall–Kier alpha value is -7.05. The first-order valence-electron chi connectivity index (χ1n) is 16.9.